The van der Waals surface area contributed by atoms with E-state index in [1.807, 2.05) is 59.5 Å². The van der Waals surface area contributed by atoms with E-state index in [1.165, 1.54) is 18.2 Å². The van der Waals surface area contributed by atoms with Crippen LogP contribution >= 0.6 is 12.2 Å². The molecule has 1 fully saturated rings. The summed E-state index contributed by atoms with van der Waals surface area (Å²) < 4.78 is 5.61. The van der Waals surface area contributed by atoms with Gasteiger partial charge in [0.25, 0.3) is 17.5 Å². The van der Waals surface area contributed by atoms with E-state index in [1.54, 1.807) is 18.2 Å². The number of para-hydroxylation sites is 3. The van der Waals surface area contributed by atoms with E-state index >= 15 is 0 Å². The van der Waals surface area contributed by atoms with Crippen LogP contribution in [0, 0.1) is 10.1 Å². The van der Waals surface area contributed by atoms with Gasteiger partial charge < -0.3 is 19.5 Å². The highest BCUT2D eigenvalue weighted by Crippen LogP contribution is 2.31. The number of hydrogen-bond acceptors (Lipinski definition) is 7. The third kappa shape index (κ3) is 5.84. The highest BCUT2D eigenvalue weighted by molar-refractivity contribution is 7.80. The number of carbonyl (C=O) groups excluding carboxylic acids is 2. The summed E-state index contributed by atoms with van der Waals surface area (Å²) in [5.41, 5.74) is 2.41. The SMILES string of the molecule is O=C(NC(=S)Nc1ccccc1N1CCN(C(=O)c2ccccc2)CC1)c1ccc(-c2ccccc2[N+](=O)[O-])o1. The lowest BCUT2D eigenvalue weighted by atomic mass is 10.1. The summed E-state index contributed by atoms with van der Waals surface area (Å²) in [6, 6.07) is 25.9. The number of rotatable bonds is 6. The van der Waals surface area contributed by atoms with E-state index in [0.29, 0.717) is 37.4 Å². The van der Waals surface area contributed by atoms with Crippen molar-refractivity contribution in [3.05, 3.63) is 112 Å². The minimum atomic E-state index is -0.590. The van der Waals surface area contributed by atoms with Gasteiger partial charge in [-0.25, -0.2) is 0 Å². The van der Waals surface area contributed by atoms with Gasteiger partial charge in [-0.3, -0.25) is 25.0 Å². The summed E-state index contributed by atoms with van der Waals surface area (Å²) in [5, 5.41) is 17.1. The van der Waals surface area contributed by atoms with Gasteiger partial charge in [0.2, 0.25) is 0 Å². The molecule has 4 aromatic rings. The summed E-state index contributed by atoms with van der Waals surface area (Å²) in [4.78, 5) is 40.4. The first kappa shape index (κ1) is 26.6. The lowest BCUT2D eigenvalue weighted by Gasteiger charge is -2.37. The van der Waals surface area contributed by atoms with Crippen LogP contribution in [0.1, 0.15) is 20.9 Å². The Morgan fingerprint density at radius 1 is 0.850 bits per heavy atom. The number of amides is 2. The molecule has 0 saturated carbocycles. The molecule has 0 radical (unpaired) electrons. The van der Waals surface area contributed by atoms with Gasteiger partial charge in [-0.1, -0.05) is 42.5 Å². The second-order valence-corrected chi connectivity index (χ2v) is 9.42. The number of furan rings is 1. The van der Waals surface area contributed by atoms with Gasteiger partial charge >= 0.3 is 0 Å². The van der Waals surface area contributed by atoms with Gasteiger partial charge in [0.15, 0.2) is 10.9 Å². The first-order chi connectivity index (χ1) is 19.4. The van der Waals surface area contributed by atoms with Crippen LogP contribution in [0.15, 0.2) is 95.4 Å². The fourth-order valence-electron chi connectivity index (χ4n) is 4.53. The number of carbonyl (C=O) groups is 2. The lowest BCUT2D eigenvalue weighted by Crippen LogP contribution is -2.49. The molecule has 0 spiro atoms. The molecule has 0 aliphatic carbocycles. The Hall–Kier alpha value is -5.03. The van der Waals surface area contributed by atoms with Crippen LogP contribution in [-0.2, 0) is 0 Å². The molecule has 5 rings (SSSR count). The maximum absolute atomic E-state index is 12.8. The first-order valence-electron chi connectivity index (χ1n) is 12.5. The van der Waals surface area contributed by atoms with Crippen molar-refractivity contribution in [2.45, 2.75) is 0 Å². The molecule has 1 saturated heterocycles. The van der Waals surface area contributed by atoms with Gasteiger partial charge in [-0.15, -0.1) is 0 Å². The standard InChI is InChI=1S/C29H25N5O5S/c35-27(26-15-14-25(39-26)21-10-4-6-12-23(21)34(37)38)31-29(40)30-22-11-5-7-13-24(22)32-16-18-33(19-17-32)28(36)20-8-2-1-3-9-20/h1-15H,16-19H2,(H2,30,31,35,40). The molecule has 10 nitrogen and oxygen atoms in total. The van der Waals surface area contributed by atoms with Crippen LogP contribution in [-0.4, -0.2) is 52.9 Å². The van der Waals surface area contributed by atoms with Crippen LogP contribution in [0.4, 0.5) is 17.1 Å². The van der Waals surface area contributed by atoms with Crippen LogP contribution in [0.25, 0.3) is 11.3 Å². The topological polar surface area (TPSA) is 121 Å². The molecule has 0 unspecified atom stereocenters. The summed E-state index contributed by atoms with van der Waals surface area (Å²) >= 11 is 5.39. The Morgan fingerprint density at radius 2 is 1.52 bits per heavy atom. The largest absolute Gasteiger partial charge is 0.451 e. The molecule has 2 heterocycles. The fraction of sp³-hybridized carbons (Fsp3) is 0.138. The predicted octanol–water partition coefficient (Wildman–Crippen LogP) is 4.94. The van der Waals surface area contributed by atoms with E-state index in [2.05, 4.69) is 15.5 Å². The molecule has 40 heavy (non-hydrogen) atoms. The van der Waals surface area contributed by atoms with E-state index in [4.69, 9.17) is 16.6 Å². The smallest absolute Gasteiger partial charge is 0.293 e. The van der Waals surface area contributed by atoms with Crippen LogP contribution in [0.2, 0.25) is 0 Å². The maximum atomic E-state index is 12.8. The number of nitro groups is 1. The lowest BCUT2D eigenvalue weighted by molar-refractivity contribution is -0.384. The second-order valence-electron chi connectivity index (χ2n) is 9.01. The number of nitro benzene ring substituents is 1. The van der Waals surface area contributed by atoms with E-state index in [0.717, 1.165) is 5.69 Å². The summed E-state index contributed by atoms with van der Waals surface area (Å²) in [6.45, 7) is 2.42. The minimum absolute atomic E-state index is 0.0125. The van der Waals surface area contributed by atoms with Crippen molar-refractivity contribution >= 4 is 46.2 Å². The van der Waals surface area contributed by atoms with Gasteiger partial charge in [-0.05, 0) is 54.7 Å². The molecule has 202 valence electrons. The molecule has 1 aliphatic heterocycles. The zero-order valence-electron chi connectivity index (χ0n) is 21.3. The van der Waals surface area contributed by atoms with Crippen molar-refractivity contribution in [2.24, 2.45) is 0 Å². The van der Waals surface area contributed by atoms with Crippen LogP contribution in [0.3, 0.4) is 0 Å². The number of hydrogen-bond donors (Lipinski definition) is 2. The quantitative estimate of drug-likeness (QED) is 0.195. The minimum Gasteiger partial charge on any atom is -0.451 e. The Morgan fingerprint density at radius 3 is 2.27 bits per heavy atom. The fourth-order valence-corrected chi connectivity index (χ4v) is 4.74. The van der Waals surface area contributed by atoms with Crippen molar-refractivity contribution in [3.8, 4) is 11.3 Å². The third-order valence-electron chi connectivity index (χ3n) is 6.50. The van der Waals surface area contributed by atoms with E-state index in [9.17, 15) is 19.7 Å². The molecule has 2 N–H and O–H groups in total. The summed E-state index contributed by atoms with van der Waals surface area (Å²) in [5.74, 6) is -0.414. The molecular weight excluding hydrogens is 530 g/mol. The molecule has 1 aromatic heterocycles. The Balaban J connectivity index is 1.21. The van der Waals surface area contributed by atoms with Gasteiger partial charge in [0.1, 0.15) is 5.76 Å². The van der Waals surface area contributed by atoms with Crippen molar-refractivity contribution in [1.29, 1.82) is 0 Å². The number of nitrogens with one attached hydrogen (secondary N) is 2. The zero-order chi connectivity index (χ0) is 28.1. The number of thiocarbonyl (C=S) groups is 1. The normalized spacial score (nSPS) is 13.0. The van der Waals surface area contributed by atoms with Crippen LogP contribution in [0.5, 0.6) is 0 Å². The Labute approximate surface area is 235 Å². The van der Waals surface area contributed by atoms with E-state index in [-0.39, 0.29) is 33.8 Å². The average molecular weight is 556 g/mol. The molecule has 3 aromatic carbocycles. The van der Waals surface area contributed by atoms with Crippen molar-refractivity contribution in [2.75, 3.05) is 36.4 Å². The van der Waals surface area contributed by atoms with Gasteiger partial charge in [0.05, 0.1) is 21.9 Å². The Kier molecular flexibility index (Phi) is 7.83. The van der Waals surface area contributed by atoms with E-state index < -0.39 is 10.8 Å². The molecule has 0 atom stereocenters. The van der Waals surface area contributed by atoms with Crippen LogP contribution < -0.4 is 15.5 Å². The average Bonchev–Trinajstić information content (AvgIpc) is 3.48. The van der Waals surface area contributed by atoms with Gasteiger partial charge in [-0.2, -0.15) is 0 Å². The number of nitrogens with zero attached hydrogens (tertiary/aromatic N) is 3. The maximum Gasteiger partial charge on any atom is 0.293 e. The summed E-state index contributed by atoms with van der Waals surface area (Å²) in [7, 11) is 0. The monoisotopic (exact) mass is 555 g/mol. The second kappa shape index (κ2) is 11.8. The number of benzene rings is 3. The highest BCUT2D eigenvalue weighted by atomic mass is 32.1. The summed E-state index contributed by atoms with van der Waals surface area (Å²) in [6.07, 6.45) is 0. The van der Waals surface area contributed by atoms with Gasteiger partial charge in [0, 0.05) is 37.8 Å². The first-order valence-corrected chi connectivity index (χ1v) is 13.0. The number of anilines is 2. The molecule has 11 heteroatoms. The molecular formula is C29H25N5O5S. The molecule has 2 amide bonds. The molecule has 1 aliphatic rings. The zero-order valence-corrected chi connectivity index (χ0v) is 22.1. The Bertz CT molecular complexity index is 1560. The third-order valence-corrected chi connectivity index (χ3v) is 6.71. The van der Waals surface area contributed by atoms with Crippen molar-refractivity contribution < 1.29 is 18.9 Å². The highest BCUT2D eigenvalue weighted by Gasteiger charge is 2.24. The van der Waals surface area contributed by atoms with Crippen molar-refractivity contribution in [1.82, 2.24) is 10.2 Å². The number of piperazine rings is 1. The van der Waals surface area contributed by atoms with Crippen molar-refractivity contribution in [3.63, 3.8) is 0 Å². The predicted molar refractivity (Wildman–Crippen MR) is 155 cm³/mol. The molecule has 0 bridgehead atoms.